The van der Waals surface area contributed by atoms with Crippen molar-refractivity contribution in [3.63, 3.8) is 0 Å². The van der Waals surface area contributed by atoms with E-state index in [2.05, 4.69) is 52.3 Å². The standard InChI is InChI=1S/C41H52N6O5S.H2/c1-25(2)24-53(50,51)43-40(48)29-13-15-34-36(19-29)47-23-31(38-35(20-42-45(38)6)41(49)46-21-26(3)44(5)27(4)22-46)17-30-18-32(52-7)14-16-33(30)39(47)37(34)28-11-9-8-10-12-28;/h13-20,25-28H,8-12,21-24H2,1-7H3,(H,43,48);1H/t26-,27+;. The van der Waals surface area contributed by atoms with Crippen molar-refractivity contribution < 1.29 is 24.2 Å². The summed E-state index contributed by atoms with van der Waals surface area (Å²) in [6.45, 7) is 9.57. The Morgan fingerprint density at radius 1 is 1.00 bits per heavy atom. The number of allylic oxidation sites excluding steroid dienone is 1. The number of hydrogen-bond donors (Lipinski definition) is 1. The van der Waals surface area contributed by atoms with Gasteiger partial charge in [0.2, 0.25) is 10.0 Å². The molecule has 0 bridgehead atoms. The summed E-state index contributed by atoms with van der Waals surface area (Å²) in [6, 6.07) is 12.2. The minimum atomic E-state index is -3.81. The Labute approximate surface area is 314 Å². The van der Waals surface area contributed by atoms with Crippen LogP contribution in [0.1, 0.15) is 105 Å². The van der Waals surface area contributed by atoms with Gasteiger partial charge in [-0.15, -0.1) is 0 Å². The molecule has 0 unspecified atom stereocenters. The molecule has 53 heavy (non-hydrogen) atoms. The van der Waals surface area contributed by atoms with Crippen molar-refractivity contribution in [2.75, 3.05) is 33.0 Å². The van der Waals surface area contributed by atoms with Crippen LogP contribution in [0.2, 0.25) is 0 Å². The van der Waals surface area contributed by atoms with E-state index in [1.165, 1.54) is 12.0 Å². The summed E-state index contributed by atoms with van der Waals surface area (Å²) in [6.07, 6.45) is 9.47. The highest BCUT2D eigenvalue weighted by atomic mass is 32.2. The van der Waals surface area contributed by atoms with Gasteiger partial charge in [0.15, 0.2) is 0 Å². The summed E-state index contributed by atoms with van der Waals surface area (Å²) < 4.78 is 37.7. The molecule has 1 saturated carbocycles. The van der Waals surface area contributed by atoms with Gasteiger partial charge < -0.3 is 14.2 Å². The molecule has 2 aromatic heterocycles. The van der Waals surface area contributed by atoms with Crippen LogP contribution in [0.25, 0.3) is 33.8 Å². The zero-order valence-electron chi connectivity index (χ0n) is 32.0. The lowest BCUT2D eigenvalue weighted by molar-refractivity contribution is 0.0414. The van der Waals surface area contributed by atoms with E-state index >= 15 is 0 Å². The number of aromatic nitrogens is 3. The first-order chi connectivity index (χ1) is 25.3. The molecule has 2 fully saturated rings. The van der Waals surface area contributed by atoms with E-state index in [0.717, 1.165) is 70.4 Å². The Kier molecular flexibility index (Phi) is 10.1. The van der Waals surface area contributed by atoms with Crippen LogP contribution in [0.3, 0.4) is 0 Å². The predicted molar refractivity (Wildman–Crippen MR) is 212 cm³/mol. The van der Waals surface area contributed by atoms with E-state index in [-0.39, 0.29) is 36.7 Å². The molecule has 4 heterocycles. The second-order valence-electron chi connectivity index (χ2n) is 15.7. The maximum absolute atomic E-state index is 14.4. The van der Waals surface area contributed by atoms with E-state index in [0.29, 0.717) is 31.1 Å². The first kappa shape index (κ1) is 36.9. The molecule has 2 amide bonds. The quantitative estimate of drug-likeness (QED) is 0.212. The molecule has 284 valence electrons. The summed E-state index contributed by atoms with van der Waals surface area (Å²) in [5.41, 5.74) is 7.66. The van der Waals surface area contributed by atoms with E-state index in [4.69, 9.17) is 4.74 Å². The molecule has 7 rings (SSSR count). The van der Waals surface area contributed by atoms with Gasteiger partial charge in [-0.2, -0.15) is 5.10 Å². The number of hydrogen-bond acceptors (Lipinski definition) is 7. The highest BCUT2D eigenvalue weighted by Crippen LogP contribution is 2.48. The fourth-order valence-corrected chi connectivity index (χ4v) is 10.1. The van der Waals surface area contributed by atoms with Crippen LogP contribution in [-0.4, -0.2) is 89.5 Å². The number of sulfonamides is 1. The number of nitrogens with one attached hydrogen (secondary N) is 1. The SMILES string of the molecule is COc1ccc2c(c1)C=C(c1c(C(=O)N3C[C@@H](C)N(C)[C@@H](C)C3)cnn1C)Cn1c-2c(C2CCCCC2)c2ccc(C(=O)NS(=O)(=O)CC(C)C)cc21.[HH]. The average Bonchev–Trinajstić information content (AvgIpc) is 3.60. The summed E-state index contributed by atoms with van der Waals surface area (Å²) in [5.74, 6) is 0.0916. The number of aryl methyl sites for hydroxylation is 1. The van der Waals surface area contributed by atoms with Gasteiger partial charge in [-0.25, -0.2) is 13.1 Å². The Morgan fingerprint density at radius 3 is 2.40 bits per heavy atom. The number of carbonyl (C=O) groups excluding carboxylic acids is 2. The molecule has 0 radical (unpaired) electrons. The number of ether oxygens (including phenoxy) is 1. The smallest absolute Gasteiger partial charge is 0.264 e. The summed E-state index contributed by atoms with van der Waals surface area (Å²) in [7, 11) is 1.83. The topological polar surface area (TPSA) is 119 Å². The lowest BCUT2D eigenvalue weighted by Gasteiger charge is -2.42. The summed E-state index contributed by atoms with van der Waals surface area (Å²) in [5, 5.41) is 5.70. The molecular formula is C41H54N6O5S. The molecule has 0 spiro atoms. The van der Waals surface area contributed by atoms with Crippen LogP contribution in [-0.2, 0) is 23.6 Å². The van der Waals surface area contributed by atoms with Gasteiger partial charge in [-0.3, -0.25) is 19.2 Å². The van der Waals surface area contributed by atoms with Crippen molar-refractivity contribution in [3.8, 4) is 17.0 Å². The van der Waals surface area contributed by atoms with Crippen molar-refractivity contribution in [2.45, 2.75) is 84.3 Å². The van der Waals surface area contributed by atoms with Crippen LogP contribution in [0, 0.1) is 5.92 Å². The second-order valence-corrected chi connectivity index (χ2v) is 17.5. The van der Waals surface area contributed by atoms with Crippen molar-refractivity contribution in [2.24, 2.45) is 13.0 Å². The third kappa shape index (κ3) is 7.03. The number of nitrogens with zero attached hydrogens (tertiary/aromatic N) is 5. The molecule has 1 saturated heterocycles. The van der Waals surface area contributed by atoms with Gasteiger partial charge in [0.05, 0.1) is 42.6 Å². The average molecular weight is 743 g/mol. The zero-order chi connectivity index (χ0) is 37.8. The largest absolute Gasteiger partial charge is 0.497 e. The molecule has 2 aromatic carbocycles. The number of likely N-dealkylation sites (N-methyl/N-ethyl adjacent to an activating group) is 1. The maximum Gasteiger partial charge on any atom is 0.264 e. The predicted octanol–water partition coefficient (Wildman–Crippen LogP) is 6.78. The van der Waals surface area contributed by atoms with E-state index < -0.39 is 15.9 Å². The van der Waals surface area contributed by atoms with Crippen LogP contribution < -0.4 is 9.46 Å². The van der Waals surface area contributed by atoms with Crippen LogP contribution in [0.4, 0.5) is 0 Å². The van der Waals surface area contributed by atoms with Crippen LogP contribution in [0.5, 0.6) is 5.75 Å². The first-order valence-electron chi connectivity index (χ1n) is 18.9. The second kappa shape index (κ2) is 14.4. The highest BCUT2D eigenvalue weighted by Gasteiger charge is 2.34. The Bertz CT molecular complexity index is 2210. The van der Waals surface area contributed by atoms with E-state index in [1.54, 1.807) is 24.1 Å². The molecule has 1 aliphatic carbocycles. The fourth-order valence-electron chi connectivity index (χ4n) is 8.72. The lowest BCUT2D eigenvalue weighted by atomic mass is 9.81. The summed E-state index contributed by atoms with van der Waals surface area (Å²) >= 11 is 0. The Morgan fingerprint density at radius 2 is 1.72 bits per heavy atom. The van der Waals surface area contributed by atoms with Gasteiger partial charge in [-0.05, 0) is 98.7 Å². The van der Waals surface area contributed by atoms with Crippen molar-refractivity contribution >= 4 is 44.4 Å². The van der Waals surface area contributed by atoms with Gasteiger partial charge in [0.25, 0.3) is 11.8 Å². The minimum absolute atomic E-state index is 0. The number of benzene rings is 2. The molecule has 12 heteroatoms. The number of fused-ring (bicyclic) bond motifs is 5. The zero-order valence-corrected chi connectivity index (χ0v) is 32.8. The van der Waals surface area contributed by atoms with Crippen molar-refractivity contribution in [3.05, 3.63) is 70.5 Å². The van der Waals surface area contributed by atoms with Gasteiger partial charge >= 0.3 is 0 Å². The molecule has 3 aliphatic rings. The maximum atomic E-state index is 14.4. The number of carbonyl (C=O) groups is 2. The third-order valence-electron chi connectivity index (χ3n) is 11.5. The molecular weight excluding hydrogens is 689 g/mol. The highest BCUT2D eigenvalue weighted by molar-refractivity contribution is 7.90. The normalized spacial score (nSPS) is 19.8. The fraction of sp³-hybridized carbons (Fsp3) is 0.488. The summed E-state index contributed by atoms with van der Waals surface area (Å²) in [4.78, 5) is 32.2. The Hall–Kier alpha value is -4.42. The van der Waals surface area contributed by atoms with Crippen LogP contribution in [0.15, 0.2) is 42.6 Å². The van der Waals surface area contributed by atoms with Gasteiger partial charge in [-0.1, -0.05) is 39.2 Å². The number of rotatable bonds is 8. The number of piperazine rings is 1. The third-order valence-corrected chi connectivity index (χ3v) is 13.1. The number of methoxy groups -OCH3 is 1. The van der Waals surface area contributed by atoms with Gasteiger partial charge in [0.1, 0.15) is 5.75 Å². The van der Waals surface area contributed by atoms with Crippen LogP contribution >= 0.6 is 0 Å². The monoisotopic (exact) mass is 742 g/mol. The molecule has 4 aromatic rings. The van der Waals surface area contributed by atoms with Crippen molar-refractivity contribution in [1.82, 2.24) is 28.9 Å². The molecule has 1 N–H and O–H groups in total. The minimum Gasteiger partial charge on any atom is -0.497 e. The van der Waals surface area contributed by atoms with E-state index in [1.807, 2.05) is 50.1 Å². The Balaban J connectivity index is 0.00000497. The van der Waals surface area contributed by atoms with E-state index in [9.17, 15) is 18.0 Å². The molecule has 2 aliphatic heterocycles. The molecule has 2 atom stereocenters. The first-order valence-corrected chi connectivity index (χ1v) is 20.5. The number of amides is 2. The molecule has 11 nitrogen and oxygen atoms in total. The van der Waals surface area contributed by atoms with Crippen molar-refractivity contribution in [1.29, 1.82) is 0 Å². The van der Waals surface area contributed by atoms with Gasteiger partial charge in [0, 0.05) is 55.7 Å². The lowest BCUT2D eigenvalue weighted by Crippen LogP contribution is -2.56.